The minimum absolute atomic E-state index is 0.260. The minimum Gasteiger partial charge on any atom is -0.441 e. The fourth-order valence-electron chi connectivity index (χ4n) is 2.77. The average molecular weight is 376 g/mol. The summed E-state index contributed by atoms with van der Waals surface area (Å²) in [6.45, 7) is 2.40. The van der Waals surface area contributed by atoms with E-state index in [9.17, 15) is 9.18 Å². The topological polar surface area (TPSA) is 73.0 Å². The number of aromatic nitrogens is 3. The molecule has 2 aromatic heterocycles. The summed E-state index contributed by atoms with van der Waals surface area (Å²) in [5, 5.41) is 6.92. The fraction of sp³-hybridized carbons (Fsp3) is 0.0952. The largest absolute Gasteiger partial charge is 0.441 e. The lowest BCUT2D eigenvalue weighted by Gasteiger charge is -2.06. The lowest BCUT2D eigenvalue weighted by atomic mass is 10.1. The summed E-state index contributed by atoms with van der Waals surface area (Å²) < 4.78 is 20.8. The Morgan fingerprint density at radius 1 is 1.18 bits per heavy atom. The number of halogens is 1. The first-order valence-corrected chi connectivity index (χ1v) is 8.69. The summed E-state index contributed by atoms with van der Waals surface area (Å²) in [5.74, 6) is 0.408. The van der Waals surface area contributed by atoms with Gasteiger partial charge in [0.1, 0.15) is 17.3 Å². The van der Waals surface area contributed by atoms with Crippen LogP contribution in [0.5, 0.6) is 0 Å². The van der Waals surface area contributed by atoms with Gasteiger partial charge in [-0.2, -0.15) is 5.10 Å². The summed E-state index contributed by atoms with van der Waals surface area (Å²) in [6, 6.07) is 14.5. The fourth-order valence-corrected chi connectivity index (χ4v) is 2.77. The van der Waals surface area contributed by atoms with Gasteiger partial charge in [-0.05, 0) is 55.5 Å². The van der Waals surface area contributed by atoms with E-state index < -0.39 is 5.82 Å². The maximum Gasteiger partial charge on any atom is 0.255 e. The quantitative estimate of drug-likeness (QED) is 0.564. The van der Waals surface area contributed by atoms with Crippen LogP contribution >= 0.6 is 0 Å². The zero-order valence-electron chi connectivity index (χ0n) is 15.1. The Bertz CT molecular complexity index is 1100. The Labute approximate surface area is 160 Å². The highest BCUT2D eigenvalue weighted by molar-refractivity contribution is 6.04. The van der Waals surface area contributed by atoms with Gasteiger partial charge in [0, 0.05) is 29.2 Å². The van der Waals surface area contributed by atoms with E-state index in [1.807, 2.05) is 31.3 Å². The van der Waals surface area contributed by atoms with Gasteiger partial charge in [0.15, 0.2) is 0 Å². The lowest BCUT2D eigenvalue weighted by Crippen LogP contribution is -2.11. The number of amides is 1. The van der Waals surface area contributed by atoms with E-state index in [4.69, 9.17) is 4.42 Å². The number of carbonyl (C=O) groups excluding carboxylic acids is 1. The first kappa shape index (κ1) is 17.7. The molecule has 0 saturated heterocycles. The maximum atomic E-state index is 13.3. The molecule has 0 unspecified atom stereocenters. The van der Waals surface area contributed by atoms with E-state index in [0.717, 1.165) is 17.0 Å². The van der Waals surface area contributed by atoms with Gasteiger partial charge in [0.25, 0.3) is 5.91 Å². The van der Waals surface area contributed by atoms with E-state index in [-0.39, 0.29) is 11.5 Å². The zero-order valence-corrected chi connectivity index (χ0v) is 15.1. The molecule has 0 atom stereocenters. The van der Waals surface area contributed by atoms with E-state index >= 15 is 0 Å². The highest BCUT2D eigenvalue weighted by Gasteiger charge is 2.13. The van der Waals surface area contributed by atoms with Crippen LogP contribution in [0.4, 0.5) is 10.1 Å². The van der Waals surface area contributed by atoms with Crippen LogP contribution in [0.3, 0.4) is 0 Å². The molecule has 4 rings (SSSR count). The monoisotopic (exact) mass is 376 g/mol. The van der Waals surface area contributed by atoms with Crippen molar-refractivity contribution < 1.29 is 13.6 Å². The molecule has 0 aliphatic carbocycles. The van der Waals surface area contributed by atoms with Gasteiger partial charge < -0.3 is 9.73 Å². The molecule has 1 N–H and O–H groups in total. The number of carbonyl (C=O) groups is 1. The summed E-state index contributed by atoms with van der Waals surface area (Å²) in [4.78, 5) is 16.7. The standard InChI is InChI=1S/C21H17FN4O2/c1-14-19(13-26-11-3-10-23-26)25-21(28-14)15-6-8-18(9-7-15)24-20(27)16-4-2-5-17(22)12-16/h2-12H,13H2,1H3,(H,24,27). The summed E-state index contributed by atoms with van der Waals surface area (Å²) in [6.07, 6.45) is 3.58. The predicted octanol–water partition coefficient (Wildman–Crippen LogP) is 4.29. The van der Waals surface area contributed by atoms with Crippen LogP contribution in [0.15, 0.2) is 71.4 Å². The van der Waals surface area contributed by atoms with Crippen molar-refractivity contribution in [2.45, 2.75) is 13.5 Å². The molecule has 7 heteroatoms. The van der Waals surface area contributed by atoms with Crippen LogP contribution in [0.1, 0.15) is 21.8 Å². The molecule has 2 aromatic carbocycles. The molecule has 0 saturated carbocycles. The lowest BCUT2D eigenvalue weighted by molar-refractivity contribution is 0.102. The summed E-state index contributed by atoms with van der Waals surface area (Å²) >= 11 is 0. The predicted molar refractivity (Wildman–Crippen MR) is 102 cm³/mol. The molecule has 4 aromatic rings. The van der Waals surface area contributed by atoms with E-state index in [1.165, 1.54) is 18.2 Å². The molecule has 0 bridgehead atoms. The van der Waals surface area contributed by atoms with Crippen molar-refractivity contribution >= 4 is 11.6 Å². The van der Waals surface area contributed by atoms with E-state index in [2.05, 4.69) is 15.4 Å². The van der Waals surface area contributed by atoms with Gasteiger partial charge in [-0.15, -0.1) is 0 Å². The molecule has 2 heterocycles. The Morgan fingerprint density at radius 3 is 2.71 bits per heavy atom. The number of benzene rings is 2. The van der Waals surface area contributed by atoms with Gasteiger partial charge in [0.05, 0.1) is 6.54 Å². The second-order valence-corrected chi connectivity index (χ2v) is 6.27. The summed E-state index contributed by atoms with van der Waals surface area (Å²) in [7, 11) is 0. The van der Waals surface area contributed by atoms with Crippen molar-refractivity contribution in [3.63, 3.8) is 0 Å². The van der Waals surface area contributed by atoms with Gasteiger partial charge in [-0.25, -0.2) is 9.37 Å². The normalized spacial score (nSPS) is 10.8. The zero-order chi connectivity index (χ0) is 19.5. The Kier molecular flexibility index (Phi) is 4.72. The van der Waals surface area contributed by atoms with Gasteiger partial charge in [0.2, 0.25) is 5.89 Å². The number of oxazole rings is 1. The molecule has 0 aliphatic heterocycles. The Hall–Kier alpha value is -3.74. The maximum absolute atomic E-state index is 13.3. The molecule has 6 nitrogen and oxygen atoms in total. The van der Waals surface area contributed by atoms with Crippen molar-refractivity contribution in [3.8, 4) is 11.5 Å². The molecule has 0 spiro atoms. The minimum atomic E-state index is -0.451. The number of rotatable bonds is 5. The van der Waals surface area contributed by atoms with Gasteiger partial charge >= 0.3 is 0 Å². The van der Waals surface area contributed by atoms with Crippen LogP contribution in [-0.2, 0) is 6.54 Å². The number of anilines is 1. The number of hydrogen-bond donors (Lipinski definition) is 1. The second kappa shape index (κ2) is 7.48. The Morgan fingerprint density at radius 2 is 2.00 bits per heavy atom. The first-order valence-electron chi connectivity index (χ1n) is 8.69. The molecule has 0 fully saturated rings. The van der Waals surface area contributed by atoms with Gasteiger partial charge in [-0.1, -0.05) is 6.07 Å². The van der Waals surface area contributed by atoms with Crippen molar-refractivity contribution in [1.82, 2.24) is 14.8 Å². The van der Waals surface area contributed by atoms with E-state index in [0.29, 0.717) is 18.1 Å². The number of nitrogens with one attached hydrogen (secondary N) is 1. The van der Waals surface area contributed by atoms with Crippen molar-refractivity contribution in [3.05, 3.63) is 89.8 Å². The van der Waals surface area contributed by atoms with Crippen LogP contribution in [0.25, 0.3) is 11.5 Å². The molecule has 0 aliphatic rings. The third kappa shape index (κ3) is 3.83. The third-order valence-corrected chi connectivity index (χ3v) is 4.24. The molecule has 1 amide bonds. The SMILES string of the molecule is Cc1oc(-c2ccc(NC(=O)c3cccc(F)c3)cc2)nc1Cn1cccn1. The number of aryl methyl sites for hydroxylation is 1. The average Bonchev–Trinajstić information content (AvgIpc) is 3.33. The molecule has 0 radical (unpaired) electrons. The summed E-state index contributed by atoms with van der Waals surface area (Å²) in [5.41, 5.74) is 2.45. The van der Waals surface area contributed by atoms with Crippen molar-refractivity contribution in [1.29, 1.82) is 0 Å². The first-order chi connectivity index (χ1) is 13.6. The van der Waals surface area contributed by atoms with Crippen molar-refractivity contribution in [2.75, 3.05) is 5.32 Å². The Balaban J connectivity index is 1.48. The van der Waals surface area contributed by atoms with E-state index in [1.54, 1.807) is 29.1 Å². The number of nitrogens with zero attached hydrogens (tertiary/aromatic N) is 3. The third-order valence-electron chi connectivity index (χ3n) is 4.24. The van der Waals surface area contributed by atoms with Crippen LogP contribution in [-0.4, -0.2) is 20.7 Å². The number of hydrogen-bond acceptors (Lipinski definition) is 4. The molecular weight excluding hydrogens is 359 g/mol. The van der Waals surface area contributed by atoms with Crippen LogP contribution in [0.2, 0.25) is 0 Å². The molecular formula is C21H17FN4O2. The van der Waals surface area contributed by atoms with Gasteiger partial charge in [-0.3, -0.25) is 9.48 Å². The highest BCUT2D eigenvalue weighted by atomic mass is 19.1. The molecule has 28 heavy (non-hydrogen) atoms. The second-order valence-electron chi connectivity index (χ2n) is 6.27. The van der Waals surface area contributed by atoms with Crippen molar-refractivity contribution in [2.24, 2.45) is 0 Å². The smallest absolute Gasteiger partial charge is 0.255 e. The van der Waals surface area contributed by atoms with Crippen LogP contribution < -0.4 is 5.32 Å². The van der Waals surface area contributed by atoms with Crippen LogP contribution in [0, 0.1) is 12.7 Å². The highest BCUT2D eigenvalue weighted by Crippen LogP contribution is 2.24. The molecule has 140 valence electrons.